The van der Waals surface area contributed by atoms with E-state index in [-0.39, 0.29) is 0 Å². The lowest BCUT2D eigenvalue weighted by atomic mass is 10.0. The van der Waals surface area contributed by atoms with Crippen molar-refractivity contribution in [3.05, 3.63) is 146 Å². The van der Waals surface area contributed by atoms with Crippen LogP contribution in [0.5, 0.6) is 0 Å². The molecule has 0 aliphatic heterocycles. The van der Waals surface area contributed by atoms with E-state index in [1.54, 1.807) is 0 Å². The molecule has 11 rings (SSSR count). The van der Waals surface area contributed by atoms with Crippen LogP contribution in [0.4, 0.5) is 0 Å². The van der Waals surface area contributed by atoms with Gasteiger partial charge in [0.05, 0.1) is 45.5 Å². The Bertz CT molecular complexity index is 3060. The molecule has 0 aliphatic rings. The van der Waals surface area contributed by atoms with Gasteiger partial charge in [-0.3, -0.25) is 14.4 Å². The molecule has 0 saturated carbocycles. The molecule has 0 bridgehead atoms. The Kier molecular flexibility index (Phi) is 4.75. The van der Waals surface area contributed by atoms with Crippen LogP contribution in [0.25, 0.3) is 93.3 Å². The summed E-state index contributed by atoms with van der Waals surface area (Å²) in [6, 6.07) is 43.6. The number of pyridine rings is 3. The Hall–Kier alpha value is -6.53. The summed E-state index contributed by atoms with van der Waals surface area (Å²) < 4.78 is 7.06. The van der Waals surface area contributed by atoms with E-state index in [1.165, 1.54) is 32.6 Å². The van der Waals surface area contributed by atoms with Crippen molar-refractivity contribution in [2.45, 2.75) is 0 Å². The third kappa shape index (κ3) is 3.21. The highest BCUT2D eigenvalue weighted by Gasteiger charge is 2.23. The van der Waals surface area contributed by atoms with E-state index in [9.17, 15) is 0 Å². The second kappa shape index (κ2) is 9.02. The molecule has 0 saturated heterocycles. The maximum atomic E-state index is 5.25. The lowest BCUT2D eigenvalue weighted by molar-refractivity contribution is 1.16. The number of fused-ring (bicyclic) bond motifs is 15. The highest BCUT2D eigenvalue weighted by atomic mass is 15.0. The average molecular weight is 601 g/mol. The molecule has 0 atom stereocenters. The minimum atomic E-state index is 0.863. The Morgan fingerprint density at radius 1 is 0.404 bits per heavy atom. The van der Waals surface area contributed by atoms with Gasteiger partial charge in [0, 0.05) is 56.1 Å². The van der Waals surface area contributed by atoms with E-state index in [0.717, 1.165) is 60.8 Å². The van der Waals surface area contributed by atoms with Crippen LogP contribution in [0.1, 0.15) is 0 Å². The first-order valence-corrected chi connectivity index (χ1v) is 15.8. The number of aromatic nitrogens is 6. The molecule has 0 radical (unpaired) electrons. The molecule has 0 amide bonds. The standard InChI is InChI=1S/C41H24N6/c1-3-9-25(10-4-1)45-33-14-8-7-13-27(33)30-21-31-37(22-36(30)45)46(26-11-5-2-6-12-26)35-16-15-29-28-17-19-43-24-38(28)47-34-18-20-42-23-32(34)44-41(47)40(29)39(31)35/h1-24H. The summed E-state index contributed by atoms with van der Waals surface area (Å²) >= 11 is 0. The monoisotopic (exact) mass is 600 g/mol. The van der Waals surface area contributed by atoms with E-state index in [4.69, 9.17) is 4.98 Å². The van der Waals surface area contributed by atoms with Crippen LogP contribution in [-0.4, -0.2) is 28.5 Å². The van der Waals surface area contributed by atoms with Crippen LogP contribution in [0.3, 0.4) is 0 Å². The Morgan fingerprint density at radius 2 is 1.09 bits per heavy atom. The van der Waals surface area contributed by atoms with Gasteiger partial charge in [-0.05, 0) is 66.0 Å². The molecule has 6 heterocycles. The Morgan fingerprint density at radius 3 is 1.91 bits per heavy atom. The highest BCUT2D eigenvalue weighted by Crippen LogP contribution is 2.44. The fourth-order valence-electron chi connectivity index (χ4n) is 7.87. The van der Waals surface area contributed by atoms with Crippen molar-refractivity contribution in [2.75, 3.05) is 0 Å². The van der Waals surface area contributed by atoms with Gasteiger partial charge in [-0.2, -0.15) is 0 Å². The van der Waals surface area contributed by atoms with Crippen molar-refractivity contribution < 1.29 is 0 Å². The van der Waals surface area contributed by atoms with Crippen LogP contribution in [0, 0.1) is 0 Å². The lowest BCUT2D eigenvalue weighted by Gasteiger charge is -2.11. The molecule has 0 unspecified atom stereocenters. The summed E-state index contributed by atoms with van der Waals surface area (Å²) in [4.78, 5) is 14.2. The van der Waals surface area contributed by atoms with Gasteiger partial charge < -0.3 is 9.13 Å². The number of imidazole rings is 1. The normalized spacial score (nSPS) is 12.3. The minimum absolute atomic E-state index is 0.863. The fraction of sp³-hybridized carbons (Fsp3) is 0. The smallest absolute Gasteiger partial charge is 0.147 e. The molecule has 11 aromatic rings. The summed E-state index contributed by atoms with van der Waals surface area (Å²) in [6.07, 6.45) is 7.52. The van der Waals surface area contributed by atoms with Crippen molar-refractivity contribution in [3.8, 4) is 11.4 Å². The Balaban J connectivity index is 1.43. The first-order valence-electron chi connectivity index (χ1n) is 15.8. The maximum Gasteiger partial charge on any atom is 0.147 e. The first kappa shape index (κ1) is 24.8. The summed E-state index contributed by atoms with van der Waals surface area (Å²) in [7, 11) is 0. The quantitative estimate of drug-likeness (QED) is 0.186. The van der Waals surface area contributed by atoms with Crippen LogP contribution in [0.15, 0.2) is 146 Å². The highest BCUT2D eigenvalue weighted by molar-refractivity contribution is 6.31. The molecule has 47 heavy (non-hydrogen) atoms. The molecule has 5 aromatic carbocycles. The zero-order valence-electron chi connectivity index (χ0n) is 25.0. The number of nitrogens with zero attached hydrogens (tertiary/aromatic N) is 6. The zero-order chi connectivity index (χ0) is 30.6. The van der Waals surface area contributed by atoms with Crippen LogP contribution < -0.4 is 0 Å². The predicted molar refractivity (Wildman–Crippen MR) is 192 cm³/mol. The number of hydrogen-bond donors (Lipinski definition) is 0. The fourth-order valence-corrected chi connectivity index (χ4v) is 7.87. The number of benzene rings is 5. The second-order valence-electron chi connectivity index (χ2n) is 12.2. The molecule has 6 aromatic heterocycles. The van der Waals surface area contributed by atoms with E-state index >= 15 is 0 Å². The second-order valence-corrected chi connectivity index (χ2v) is 12.2. The first-order chi connectivity index (χ1) is 23.3. The van der Waals surface area contributed by atoms with E-state index in [0.29, 0.717) is 0 Å². The van der Waals surface area contributed by atoms with Crippen molar-refractivity contribution in [3.63, 3.8) is 0 Å². The number of para-hydroxylation sites is 3. The van der Waals surface area contributed by atoms with Gasteiger partial charge in [0.15, 0.2) is 0 Å². The summed E-state index contributed by atoms with van der Waals surface area (Å²) in [6.45, 7) is 0. The van der Waals surface area contributed by atoms with E-state index < -0.39 is 0 Å². The molecule has 0 spiro atoms. The molecular formula is C41H24N6. The number of hydrogen-bond acceptors (Lipinski definition) is 3. The SMILES string of the molecule is c1ccc(-n2c3ccccc3c3cc4c5c6c(ccc5n(-c5ccccc5)c4cc32)c2ccncc2n2c3ccncc3nc62)cc1. The van der Waals surface area contributed by atoms with Gasteiger partial charge in [-0.25, -0.2) is 4.98 Å². The molecule has 218 valence electrons. The van der Waals surface area contributed by atoms with Crippen molar-refractivity contribution >= 4 is 82.0 Å². The van der Waals surface area contributed by atoms with Gasteiger partial charge in [0.1, 0.15) is 11.2 Å². The molecule has 6 nitrogen and oxygen atoms in total. The molecule has 0 N–H and O–H groups in total. The van der Waals surface area contributed by atoms with E-state index in [1.807, 2.05) is 30.9 Å². The van der Waals surface area contributed by atoms with Crippen molar-refractivity contribution in [1.29, 1.82) is 0 Å². The summed E-state index contributed by atoms with van der Waals surface area (Å²) in [5.41, 5.74) is 10.7. The topological polar surface area (TPSA) is 52.9 Å². The summed E-state index contributed by atoms with van der Waals surface area (Å²) in [5, 5.41) is 8.26. The molecule has 6 heteroatoms. The average Bonchev–Trinajstić information content (AvgIpc) is 3.79. The number of rotatable bonds is 2. The third-order valence-corrected chi connectivity index (χ3v) is 9.76. The molecule has 0 fully saturated rings. The van der Waals surface area contributed by atoms with Gasteiger partial charge in [-0.15, -0.1) is 0 Å². The van der Waals surface area contributed by atoms with Gasteiger partial charge in [-0.1, -0.05) is 60.7 Å². The molecule has 0 aliphatic carbocycles. The van der Waals surface area contributed by atoms with Gasteiger partial charge in [0.2, 0.25) is 0 Å². The lowest BCUT2D eigenvalue weighted by Crippen LogP contribution is -1.96. The van der Waals surface area contributed by atoms with Gasteiger partial charge in [0.25, 0.3) is 0 Å². The zero-order valence-corrected chi connectivity index (χ0v) is 25.0. The van der Waals surface area contributed by atoms with Crippen LogP contribution >= 0.6 is 0 Å². The van der Waals surface area contributed by atoms with Crippen molar-refractivity contribution in [1.82, 2.24) is 28.5 Å². The predicted octanol–water partition coefficient (Wildman–Crippen LogP) is 9.78. The van der Waals surface area contributed by atoms with Crippen LogP contribution in [0.2, 0.25) is 0 Å². The van der Waals surface area contributed by atoms with Crippen molar-refractivity contribution in [2.24, 2.45) is 0 Å². The van der Waals surface area contributed by atoms with Gasteiger partial charge >= 0.3 is 0 Å². The van der Waals surface area contributed by atoms with E-state index in [2.05, 4.69) is 139 Å². The largest absolute Gasteiger partial charge is 0.309 e. The molecular weight excluding hydrogens is 576 g/mol. The third-order valence-electron chi connectivity index (χ3n) is 9.76. The van der Waals surface area contributed by atoms with Crippen LogP contribution in [-0.2, 0) is 0 Å². The summed E-state index contributed by atoms with van der Waals surface area (Å²) in [5.74, 6) is 0. The maximum absolute atomic E-state index is 5.25. The Labute approximate surface area is 267 Å². The minimum Gasteiger partial charge on any atom is -0.309 e.